The SMILES string of the molecule is O=C(O)CN(C(=O)Cc1csc2nccn12)C1CC1. The summed E-state index contributed by atoms with van der Waals surface area (Å²) in [4.78, 5) is 29.5. The molecular formula is C12H13N3O3S. The van der Waals surface area contributed by atoms with Crippen LogP contribution >= 0.6 is 11.3 Å². The molecule has 0 spiro atoms. The van der Waals surface area contributed by atoms with E-state index in [-0.39, 0.29) is 24.9 Å². The van der Waals surface area contributed by atoms with Gasteiger partial charge in [-0.2, -0.15) is 0 Å². The van der Waals surface area contributed by atoms with Gasteiger partial charge in [-0.3, -0.25) is 14.0 Å². The molecule has 2 aromatic rings. The van der Waals surface area contributed by atoms with E-state index in [1.54, 1.807) is 6.20 Å². The molecule has 2 heterocycles. The fourth-order valence-corrected chi connectivity index (χ4v) is 2.96. The van der Waals surface area contributed by atoms with E-state index in [2.05, 4.69) is 4.98 Å². The van der Waals surface area contributed by atoms with Crippen LogP contribution < -0.4 is 0 Å². The van der Waals surface area contributed by atoms with Gasteiger partial charge in [-0.15, -0.1) is 11.3 Å². The molecule has 1 saturated carbocycles. The molecule has 0 atom stereocenters. The van der Waals surface area contributed by atoms with E-state index in [1.165, 1.54) is 16.2 Å². The molecule has 19 heavy (non-hydrogen) atoms. The summed E-state index contributed by atoms with van der Waals surface area (Å²) in [5, 5.41) is 10.8. The Balaban J connectivity index is 1.76. The van der Waals surface area contributed by atoms with E-state index in [9.17, 15) is 9.59 Å². The number of carbonyl (C=O) groups is 2. The molecule has 0 saturated heterocycles. The van der Waals surface area contributed by atoms with Crippen molar-refractivity contribution in [2.75, 3.05) is 6.54 Å². The number of hydrogen-bond donors (Lipinski definition) is 1. The number of rotatable bonds is 5. The summed E-state index contributed by atoms with van der Waals surface area (Å²) in [5.41, 5.74) is 0.860. The number of carbonyl (C=O) groups excluding carboxylic acids is 1. The third kappa shape index (κ3) is 2.46. The molecule has 6 nitrogen and oxygen atoms in total. The predicted octanol–water partition coefficient (Wildman–Crippen LogP) is 1.01. The predicted molar refractivity (Wildman–Crippen MR) is 69.1 cm³/mol. The number of imidazole rings is 1. The summed E-state index contributed by atoms with van der Waals surface area (Å²) in [6.07, 6.45) is 5.54. The second-order valence-corrected chi connectivity index (χ2v) is 5.47. The van der Waals surface area contributed by atoms with E-state index in [0.29, 0.717) is 0 Å². The minimum atomic E-state index is -0.960. The Morgan fingerprint density at radius 3 is 3.00 bits per heavy atom. The summed E-state index contributed by atoms with van der Waals surface area (Å²) in [6, 6.07) is 0.112. The first-order chi connectivity index (χ1) is 9.15. The van der Waals surface area contributed by atoms with Gasteiger partial charge in [0.05, 0.1) is 6.42 Å². The molecule has 0 unspecified atom stereocenters. The molecule has 100 valence electrons. The Labute approximate surface area is 113 Å². The lowest BCUT2D eigenvalue weighted by Crippen LogP contribution is -2.38. The van der Waals surface area contributed by atoms with Gasteiger partial charge in [-0.05, 0) is 12.8 Å². The quantitative estimate of drug-likeness (QED) is 0.886. The van der Waals surface area contributed by atoms with Crippen molar-refractivity contribution in [2.24, 2.45) is 0 Å². The Morgan fingerprint density at radius 2 is 2.32 bits per heavy atom. The van der Waals surface area contributed by atoms with Gasteiger partial charge in [0.1, 0.15) is 6.54 Å². The number of fused-ring (bicyclic) bond motifs is 1. The Morgan fingerprint density at radius 1 is 1.53 bits per heavy atom. The van der Waals surface area contributed by atoms with Crippen molar-refractivity contribution < 1.29 is 14.7 Å². The molecule has 0 bridgehead atoms. The largest absolute Gasteiger partial charge is 0.480 e. The molecule has 1 N–H and O–H groups in total. The highest BCUT2D eigenvalue weighted by Crippen LogP contribution is 2.27. The van der Waals surface area contributed by atoms with E-state index in [0.717, 1.165) is 23.5 Å². The van der Waals surface area contributed by atoms with E-state index >= 15 is 0 Å². The molecule has 1 aliphatic carbocycles. The molecule has 0 aliphatic heterocycles. The lowest BCUT2D eigenvalue weighted by molar-refractivity contribution is -0.144. The number of aliphatic carboxylic acids is 1. The maximum atomic E-state index is 12.2. The number of aromatic nitrogens is 2. The molecule has 1 aliphatic rings. The standard InChI is InChI=1S/C12H13N3O3S/c16-10(15(6-11(17)18)8-1-2-8)5-9-7-19-12-13-3-4-14(9)12/h3-4,7-8H,1-2,5-6H2,(H,17,18). The highest BCUT2D eigenvalue weighted by atomic mass is 32.1. The maximum absolute atomic E-state index is 12.2. The Bertz CT molecular complexity index is 629. The first kappa shape index (κ1) is 12.2. The van der Waals surface area contributed by atoms with Crippen molar-refractivity contribution >= 4 is 28.2 Å². The summed E-state index contributed by atoms with van der Waals surface area (Å²) in [7, 11) is 0. The smallest absolute Gasteiger partial charge is 0.323 e. The van der Waals surface area contributed by atoms with Crippen LogP contribution in [0.25, 0.3) is 4.96 Å². The average molecular weight is 279 g/mol. The summed E-state index contributed by atoms with van der Waals surface area (Å²) in [5.74, 6) is -1.09. The van der Waals surface area contributed by atoms with Crippen molar-refractivity contribution in [1.29, 1.82) is 0 Å². The zero-order valence-corrected chi connectivity index (χ0v) is 11.0. The molecule has 0 radical (unpaired) electrons. The minimum absolute atomic E-state index is 0.112. The highest BCUT2D eigenvalue weighted by molar-refractivity contribution is 7.15. The summed E-state index contributed by atoms with van der Waals surface area (Å²) in [6.45, 7) is -0.208. The normalized spacial score (nSPS) is 14.7. The first-order valence-corrected chi connectivity index (χ1v) is 6.94. The van der Waals surface area contributed by atoms with Crippen LogP contribution in [0.4, 0.5) is 0 Å². The Hall–Kier alpha value is -1.89. The van der Waals surface area contributed by atoms with Crippen molar-refractivity contribution in [1.82, 2.24) is 14.3 Å². The molecule has 3 rings (SSSR count). The highest BCUT2D eigenvalue weighted by Gasteiger charge is 2.33. The molecule has 1 amide bonds. The zero-order valence-electron chi connectivity index (χ0n) is 10.2. The summed E-state index contributed by atoms with van der Waals surface area (Å²) >= 11 is 1.48. The van der Waals surface area contributed by atoms with Gasteiger partial charge in [0.15, 0.2) is 4.96 Å². The molecule has 1 fully saturated rings. The number of thiazole rings is 1. The lowest BCUT2D eigenvalue weighted by Gasteiger charge is -2.19. The van der Waals surface area contributed by atoms with Crippen LogP contribution in [0, 0.1) is 0 Å². The van der Waals surface area contributed by atoms with Crippen LogP contribution in [-0.4, -0.2) is 43.9 Å². The van der Waals surface area contributed by atoms with Gasteiger partial charge in [0, 0.05) is 29.5 Å². The molecule has 0 aromatic carbocycles. The van der Waals surface area contributed by atoms with E-state index < -0.39 is 5.97 Å². The fraction of sp³-hybridized carbons (Fsp3) is 0.417. The van der Waals surface area contributed by atoms with Crippen molar-refractivity contribution in [3.05, 3.63) is 23.5 Å². The lowest BCUT2D eigenvalue weighted by atomic mass is 10.3. The Kier molecular flexibility index (Phi) is 2.98. The van der Waals surface area contributed by atoms with Crippen LogP contribution in [0.2, 0.25) is 0 Å². The van der Waals surface area contributed by atoms with Gasteiger partial charge in [0.2, 0.25) is 5.91 Å². The van der Waals surface area contributed by atoms with Crippen molar-refractivity contribution in [2.45, 2.75) is 25.3 Å². The third-order valence-electron chi connectivity index (χ3n) is 3.16. The van der Waals surface area contributed by atoms with Crippen molar-refractivity contribution in [3.8, 4) is 0 Å². The monoisotopic (exact) mass is 279 g/mol. The van der Waals surface area contributed by atoms with Gasteiger partial charge in [-0.1, -0.05) is 0 Å². The topological polar surface area (TPSA) is 74.9 Å². The zero-order chi connectivity index (χ0) is 13.4. The van der Waals surface area contributed by atoms with Crippen LogP contribution in [0.1, 0.15) is 18.5 Å². The number of amides is 1. The second kappa shape index (κ2) is 4.65. The fourth-order valence-electron chi connectivity index (χ4n) is 2.11. The number of carboxylic acids is 1. The second-order valence-electron chi connectivity index (χ2n) is 4.63. The van der Waals surface area contributed by atoms with Gasteiger partial charge in [-0.25, -0.2) is 4.98 Å². The first-order valence-electron chi connectivity index (χ1n) is 6.06. The average Bonchev–Trinajstić information content (AvgIpc) is 2.96. The van der Waals surface area contributed by atoms with Crippen LogP contribution in [0.3, 0.4) is 0 Å². The minimum Gasteiger partial charge on any atom is -0.480 e. The summed E-state index contributed by atoms with van der Waals surface area (Å²) < 4.78 is 1.87. The molecule has 2 aromatic heterocycles. The van der Waals surface area contributed by atoms with E-state index in [4.69, 9.17) is 5.11 Å². The van der Waals surface area contributed by atoms with Crippen LogP contribution in [0.15, 0.2) is 17.8 Å². The molecular weight excluding hydrogens is 266 g/mol. The van der Waals surface area contributed by atoms with Crippen molar-refractivity contribution in [3.63, 3.8) is 0 Å². The van der Waals surface area contributed by atoms with Gasteiger partial charge in [0.25, 0.3) is 0 Å². The van der Waals surface area contributed by atoms with Gasteiger partial charge < -0.3 is 10.0 Å². The molecule has 7 heteroatoms. The maximum Gasteiger partial charge on any atom is 0.323 e. The van der Waals surface area contributed by atoms with Crippen LogP contribution in [0.5, 0.6) is 0 Å². The third-order valence-corrected chi connectivity index (χ3v) is 4.07. The number of carboxylic acid groups (broad SMARTS) is 1. The van der Waals surface area contributed by atoms with E-state index in [1.807, 2.05) is 16.0 Å². The van der Waals surface area contributed by atoms with Gasteiger partial charge >= 0.3 is 5.97 Å². The van der Waals surface area contributed by atoms with Crippen LogP contribution in [-0.2, 0) is 16.0 Å². The number of nitrogens with zero attached hydrogens (tertiary/aromatic N) is 3. The number of hydrogen-bond acceptors (Lipinski definition) is 4.